The van der Waals surface area contributed by atoms with Gasteiger partial charge in [-0.2, -0.15) is 0 Å². The van der Waals surface area contributed by atoms with E-state index in [2.05, 4.69) is 15.9 Å². The summed E-state index contributed by atoms with van der Waals surface area (Å²) in [6.45, 7) is 0. The Hall–Kier alpha value is -1.66. The second-order valence-corrected chi connectivity index (χ2v) is 5.20. The molecule has 0 atom stereocenters. The Kier molecular flexibility index (Phi) is 4.57. The number of thiocarbonyl (C=S) groups is 1. The van der Waals surface area contributed by atoms with Gasteiger partial charge in [0, 0.05) is 6.07 Å². The van der Waals surface area contributed by atoms with Crippen LogP contribution in [0.25, 0.3) is 0 Å². The summed E-state index contributed by atoms with van der Waals surface area (Å²) >= 11 is 8.08. The van der Waals surface area contributed by atoms with Crippen molar-refractivity contribution in [2.45, 2.75) is 0 Å². The number of methoxy groups -OCH3 is 1. The number of rotatable bonds is 4. The third-order valence-electron chi connectivity index (χ3n) is 2.57. The average molecular weight is 356 g/mol. The highest BCUT2D eigenvalue weighted by Gasteiger charge is 2.10. The highest BCUT2D eigenvalue weighted by atomic mass is 79.9. The topological polar surface area (TPSA) is 44.5 Å². The lowest BCUT2D eigenvalue weighted by atomic mass is 10.2. The molecule has 2 aromatic carbocycles. The standard InChI is InChI=1S/C14H11BrFNO2S/c1-18-8-2-4-10(14(17)20)13(7-8)19-9-3-5-12(16)11(15)6-9/h2-7H,1H3,(H2,17,20). The van der Waals surface area contributed by atoms with Crippen molar-refractivity contribution in [2.75, 3.05) is 7.11 Å². The Bertz CT molecular complexity index is 664. The molecular weight excluding hydrogens is 345 g/mol. The van der Waals surface area contributed by atoms with Crippen LogP contribution >= 0.6 is 28.1 Å². The lowest BCUT2D eigenvalue weighted by Gasteiger charge is -2.12. The van der Waals surface area contributed by atoms with Crippen molar-refractivity contribution in [1.82, 2.24) is 0 Å². The Balaban J connectivity index is 2.40. The van der Waals surface area contributed by atoms with E-state index in [1.807, 2.05) is 0 Å². The van der Waals surface area contributed by atoms with Crippen molar-refractivity contribution in [3.05, 3.63) is 52.3 Å². The zero-order chi connectivity index (χ0) is 14.7. The van der Waals surface area contributed by atoms with Crippen LogP contribution in [0.4, 0.5) is 4.39 Å². The van der Waals surface area contributed by atoms with E-state index in [1.54, 1.807) is 25.3 Å². The van der Waals surface area contributed by atoms with Gasteiger partial charge in [-0.05, 0) is 46.3 Å². The molecule has 0 spiro atoms. The predicted molar refractivity (Wildman–Crippen MR) is 83.1 cm³/mol. The molecule has 2 rings (SSSR count). The summed E-state index contributed by atoms with van der Waals surface area (Å²) < 4.78 is 24.4. The van der Waals surface area contributed by atoms with E-state index >= 15 is 0 Å². The molecule has 6 heteroatoms. The number of halogens is 2. The molecule has 0 aliphatic carbocycles. The lowest BCUT2D eigenvalue weighted by molar-refractivity contribution is 0.408. The van der Waals surface area contributed by atoms with E-state index in [4.69, 9.17) is 27.4 Å². The molecule has 20 heavy (non-hydrogen) atoms. The van der Waals surface area contributed by atoms with Crippen LogP contribution in [-0.2, 0) is 0 Å². The predicted octanol–water partition coefficient (Wildman–Crippen LogP) is 4.02. The van der Waals surface area contributed by atoms with Crippen LogP contribution in [0, 0.1) is 5.82 Å². The summed E-state index contributed by atoms with van der Waals surface area (Å²) in [7, 11) is 1.55. The summed E-state index contributed by atoms with van der Waals surface area (Å²) in [5, 5.41) is 0. The Morgan fingerprint density at radius 1 is 1.20 bits per heavy atom. The molecule has 3 nitrogen and oxygen atoms in total. The average Bonchev–Trinajstić information content (AvgIpc) is 2.42. The Morgan fingerprint density at radius 2 is 1.90 bits per heavy atom. The van der Waals surface area contributed by atoms with E-state index in [1.165, 1.54) is 18.2 Å². The minimum absolute atomic E-state index is 0.212. The van der Waals surface area contributed by atoms with Crippen LogP contribution in [-0.4, -0.2) is 12.1 Å². The fraction of sp³-hybridized carbons (Fsp3) is 0.0714. The van der Waals surface area contributed by atoms with Gasteiger partial charge in [-0.25, -0.2) is 4.39 Å². The summed E-state index contributed by atoms with van der Waals surface area (Å²) in [5.74, 6) is 1.16. The first-order valence-corrected chi connectivity index (χ1v) is 6.82. The number of ether oxygens (including phenoxy) is 2. The maximum atomic E-state index is 13.2. The van der Waals surface area contributed by atoms with Crippen LogP contribution in [0.1, 0.15) is 5.56 Å². The summed E-state index contributed by atoms with van der Waals surface area (Å²) in [6, 6.07) is 9.48. The normalized spacial score (nSPS) is 10.2. The molecule has 104 valence electrons. The van der Waals surface area contributed by atoms with Gasteiger partial charge in [0.15, 0.2) is 0 Å². The summed E-state index contributed by atoms with van der Waals surface area (Å²) in [5.41, 5.74) is 6.24. The second kappa shape index (κ2) is 6.19. The van der Waals surface area contributed by atoms with Crippen LogP contribution in [0.5, 0.6) is 17.2 Å². The van der Waals surface area contributed by atoms with Crippen molar-refractivity contribution in [1.29, 1.82) is 0 Å². The van der Waals surface area contributed by atoms with Crippen molar-refractivity contribution in [2.24, 2.45) is 5.73 Å². The van der Waals surface area contributed by atoms with Crippen molar-refractivity contribution in [3.63, 3.8) is 0 Å². The third-order valence-corrected chi connectivity index (χ3v) is 3.40. The molecule has 0 aliphatic rings. The molecule has 0 heterocycles. The van der Waals surface area contributed by atoms with Crippen LogP contribution in [0.3, 0.4) is 0 Å². The number of hydrogen-bond acceptors (Lipinski definition) is 3. The van der Waals surface area contributed by atoms with E-state index in [9.17, 15) is 4.39 Å². The largest absolute Gasteiger partial charge is 0.497 e. The quantitative estimate of drug-likeness (QED) is 0.841. The van der Waals surface area contributed by atoms with Gasteiger partial charge in [0.25, 0.3) is 0 Å². The fourth-order valence-corrected chi connectivity index (χ4v) is 2.11. The molecule has 0 fully saturated rings. The molecule has 0 aliphatic heterocycles. The van der Waals surface area contributed by atoms with Crippen LogP contribution in [0.15, 0.2) is 40.9 Å². The summed E-state index contributed by atoms with van der Waals surface area (Å²) in [6.07, 6.45) is 0. The fourth-order valence-electron chi connectivity index (χ4n) is 1.58. The number of hydrogen-bond donors (Lipinski definition) is 1. The van der Waals surface area contributed by atoms with Gasteiger partial charge in [-0.3, -0.25) is 0 Å². The van der Waals surface area contributed by atoms with Gasteiger partial charge in [0.05, 0.1) is 17.1 Å². The van der Waals surface area contributed by atoms with Crippen molar-refractivity contribution >= 4 is 33.1 Å². The molecule has 0 amide bonds. The van der Waals surface area contributed by atoms with Gasteiger partial charge >= 0.3 is 0 Å². The molecule has 2 N–H and O–H groups in total. The van der Waals surface area contributed by atoms with Crippen LogP contribution < -0.4 is 15.2 Å². The zero-order valence-corrected chi connectivity index (χ0v) is 12.9. The van der Waals surface area contributed by atoms with Gasteiger partial charge in [-0.15, -0.1) is 0 Å². The number of nitrogens with two attached hydrogens (primary N) is 1. The first kappa shape index (κ1) is 14.7. The van der Waals surface area contributed by atoms with E-state index in [0.717, 1.165) is 0 Å². The lowest BCUT2D eigenvalue weighted by Crippen LogP contribution is -2.10. The Morgan fingerprint density at radius 3 is 2.50 bits per heavy atom. The SMILES string of the molecule is COc1ccc(C(N)=S)c(Oc2ccc(F)c(Br)c2)c1. The minimum atomic E-state index is -0.363. The minimum Gasteiger partial charge on any atom is -0.497 e. The van der Waals surface area contributed by atoms with Crippen molar-refractivity contribution < 1.29 is 13.9 Å². The molecule has 0 radical (unpaired) electrons. The maximum Gasteiger partial charge on any atom is 0.141 e. The molecule has 0 saturated carbocycles. The third kappa shape index (κ3) is 3.26. The van der Waals surface area contributed by atoms with Gasteiger partial charge in [0.2, 0.25) is 0 Å². The van der Waals surface area contributed by atoms with Gasteiger partial charge in [-0.1, -0.05) is 12.2 Å². The molecule has 0 aromatic heterocycles. The highest BCUT2D eigenvalue weighted by Crippen LogP contribution is 2.31. The Labute approximate surface area is 129 Å². The molecular formula is C14H11BrFNO2S. The monoisotopic (exact) mass is 355 g/mol. The first-order chi connectivity index (χ1) is 9.51. The van der Waals surface area contributed by atoms with E-state index in [0.29, 0.717) is 27.3 Å². The molecule has 0 unspecified atom stereocenters. The van der Waals surface area contributed by atoms with Crippen LogP contribution in [0.2, 0.25) is 0 Å². The van der Waals surface area contributed by atoms with Gasteiger partial charge < -0.3 is 15.2 Å². The smallest absolute Gasteiger partial charge is 0.141 e. The molecule has 0 saturated heterocycles. The maximum absolute atomic E-state index is 13.2. The number of benzene rings is 2. The van der Waals surface area contributed by atoms with E-state index < -0.39 is 0 Å². The first-order valence-electron chi connectivity index (χ1n) is 5.62. The molecule has 2 aromatic rings. The van der Waals surface area contributed by atoms with E-state index in [-0.39, 0.29) is 10.8 Å². The second-order valence-electron chi connectivity index (χ2n) is 3.90. The zero-order valence-electron chi connectivity index (χ0n) is 10.5. The summed E-state index contributed by atoms with van der Waals surface area (Å²) in [4.78, 5) is 0.212. The molecule has 0 bridgehead atoms. The van der Waals surface area contributed by atoms with Crippen molar-refractivity contribution in [3.8, 4) is 17.2 Å². The van der Waals surface area contributed by atoms with Gasteiger partial charge in [0.1, 0.15) is 28.1 Å². The highest BCUT2D eigenvalue weighted by molar-refractivity contribution is 9.10.